The summed E-state index contributed by atoms with van der Waals surface area (Å²) in [4.78, 5) is 25.8. The van der Waals surface area contributed by atoms with Gasteiger partial charge in [-0.25, -0.2) is 0 Å². The molecule has 0 bridgehead atoms. The Morgan fingerprint density at radius 1 is 0.857 bits per heavy atom. The van der Waals surface area contributed by atoms with E-state index in [0.717, 1.165) is 5.56 Å². The number of halogens is 1. The molecule has 0 saturated carbocycles. The van der Waals surface area contributed by atoms with Crippen molar-refractivity contribution in [2.24, 2.45) is 0 Å². The maximum absolute atomic E-state index is 13.0. The number of para-hydroxylation sites is 1. The second kappa shape index (κ2) is 7.33. The molecule has 1 amide bonds. The molecule has 1 heterocycles. The van der Waals surface area contributed by atoms with E-state index < -0.39 is 0 Å². The molecule has 138 valence electrons. The molecule has 4 nitrogen and oxygen atoms in total. The van der Waals surface area contributed by atoms with Crippen LogP contribution in [0.4, 0.5) is 5.69 Å². The minimum absolute atomic E-state index is 0.104. The summed E-state index contributed by atoms with van der Waals surface area (Å²) in [5, 5.41) is 4.04. The lowest BCUT2D eigenvalue weighted by Gasteiger charge is -2.07. The Labute approximate surface area is 166 Å². The number of carbonyl (C=O) groups is 2. The van der Waals surface area contributed by atoms with Crippen molar-refractivity contribution >= 4 is 39.9 Å². The number of anilines is 1. The highest BCUT2D eigenvalue weighted by atomic mass is 35.5. The summed E-state index contributed by atoms with van der Waals surface area (Å²) in [5.41, 5.74) is 2.87. The van der Waals surface area contributed by atoms with Crippen LogP contribution in [0, 0.1) is 6.92 Å². The van der Waals surface area contributed by atoms with E-state index in [1.165, 1.54) is 0 Å². The number of amides is 1. The molecule has 3 aromatic carbocycles. The van der Waals surface area contributed by atoms with Crippen LogP contribution in [0.3, 0.4) is 0 Å². The number of rotatable bonds is 4. The number of furan rings is 1. The van der Waals surface area contributed by atoms with Crippen LogP contribution in [0.5, 0.6) is 0 Å². The summed E-state index contributed by atoms with van der Waals surface area (Å²) in [6.07, 6.45) is 0. The first-order chi connectivity index (χ1) is 13.5. The first kappa shape index (κ1) is 18.0. The molecular formula is C23H16ClNO3. The standard InChI is InChI=1S/C23H16ClNO3/c1-14-6-8-15(9-7-14)21(26)22-20(18-4-2-3-5-19(18)28-22)25-23(27)16-10-12-17(24)13-11-16/h2-13H,1H3,(H,25,27). The van der Waals surface area contributed by atoms with Crippen molar-refractivity contribution < 1.29 is 14.0 Å². The maximum atomic E-state index is 13.0. The number of carbonyl (C=O) groups excluding carboxylic acids is 2. The Morgan fingerprint density at radius 3 is 2.21 bits per heavy atom. The van der Waals surface area contributed by atoms with Gasteiger partial charge in [-0.2, -0.15) is 0 Å². The highest BCUT2D eigenvalue weighted by Crippen LogP contribution is 2.33. The van der Waals surface area contributed by atoms with Crippen LogP contribution in [0.25, 0.3) is 11.0 Å². The number of ketones is 1. The van der Waals surface area contributed by atoms with Crippen molar-refractivity contribution in [3.05, 3.63) is 100 Å². The smallest absolute Gasteiger partial charge is 0.255 e. The lowest BCUT2D eigenvalue weighted by Crippen LogP contribution is -2.14. The SMILES string of the molecule is Cc1ccc(C(=O)c2oc3ccccc3c2NC(=O)c2ccc(Cl)cc2)cc1. The van der Waals surface area contributed by atoms with E-state index >= 15 is 0 Å². The van der Waals surface area contributed by atoms with Crippen LogP contribution in [-0.2, 0) is 0 Å². The third-order valence-electron chi connectivity index (χ3n) is 4.46. The lowest BCUT2D eigenvalue weighted by molar-refractivity contribution is 0.101. The summed E-state index contributed by atoms with van der Waals surface area (Å²) in [6.45, 7) is 1.95. The Balaban J connectivity index is 1.77. The molecule has 5 heteroatoms. The average molecular weight is 390 g/mol. The van der Waals surface area contributed by atoms with Gasteiger partial charge < -0.3 is 9.73 Å². The molecule has 0 aliphatic rings. The third-order valence-corrected chi connectivity index (χ3v) is 4.71. The molecule has 0 fully saturated rings. The molecule has 4 rings (SSSR count). The van der Waals surface area contributed by atoms with Gasteiger partial charge in [0.2, 0.25) is 5.78 Å². The highest BCUT2D eigenvalue weighted by Gasteiger charge is 2.23. The fourth-order valence-electron chi connectivity index (χ4n) is 2.95. The zero-order chi connectivity index (χ0) is 19.7. The van der Waals surface area contributed by atoms with Crippen LogP contribution >= 0.6 is 11.6 Å². The monoisotopic (exact) mass is 389 g/mol. The van der Waals surface area contributed by atoms with Gasteiger partial charge in [0.15, 0.2) is 5.76 Å². The number of fused-ring (bicyclic) bond motifs is 1. The van der Waals surface area contributed by atoms with E-state index in [0.29, 0.717) is 32.8 Å². The van der Waals surface area contributed by atoms with Crippen molar-refractivity contribution in [3.63, 3.8) is 0 Å². The molecule has 0 saturated heterocycles. The summed E-state index contributed by atoms with van der Waals surface area (Å²) in [5.74, 6) is -0.531. The average Bonchev–Trinajstić information content (AvgIpc) is 3.07. The second-order valence-electron chi connectivity index (χ2n) is 6.46. The van der Waals surface area contributed by atoms with E-state index in [9.17, 15) is 9.59 Å². The Hall–Kier alpha value is -3.37. The summed E-state index contributed by atoms with van der Waals surface area (Å²) in [6, 6.07) is 21.0. The Bertz CT molecular complexity index is 1170. The Morgan fingerprint density at radius 2 is 1.50 bits per heavy atom. The van der Waals surface area contributed by atoms with Gasteiger partial charge in [0.1, 0.15) is 5.58 Å². The first-order valence-electron chi connectivity index (χ1n) is 8.73. The predicted octanol–water partition coefficient (Wildman–Crippen LogP) is 5.88. The molecular weight excluding hydrogens is 374 g/mol. The quantitative estimate of drug-likeness (QED) is 0.443. The van der Waals surface area contributed by atoms with Crippen LogP contribution in [0.15, 0.2) is 77.2 Å². The van der Waals surface area contributed by atoms with Crippen LogP contribution in [0.2, 0.25) is 5.02 Å². The third kappa shape index (κ3) is 3.42. The van der Waals surface area contributed by atoms with Gasteiger partial charge in [0.05, 0.1) is 5.69 Å². The number of hydrogen-bond acceptors (Lipinski definition) is 3. The van der Waals surface area contributed by atoms with Crippen LogP contribution < -0.4 is 5.32 Å². The van der Waals surface area contributed by atoms with Gasteiger partial charge in [0.25, 0.3) is 5.91 Å². The molecule has 28 heavy (non-hydrogen) atoms. The molecule has 0 atom stereocenters. The van der Waals surface area contributed by atoms with Gasteiger partial charge in [-0.1, -0.05) is 53.6 Å². The van der Waals surface area contributed by atoms with Crippen molar-refractivity contribution in [3.8, 4) is 0 Å². The van der Waals surface area contributed by atoms with Gasteiger partial charge in [-0.3, -0.25) is 9.59 Å². The molecule has 0 unspecified atom stereocenters. The predicted molar refractivity (Wildman–Crippen MR) is 110 cm³/mol. The van der Waals surface area contributed by atoms with E-state index in [1.54, 1.807) is 42.5 Å². The topological polar surface area (TPSA) is 59.3 Å². The van der Waals surface area contributed by atoms with Crippen molar-refractivity contribution in [2.75, 3.05) is 5.32 Å². The van der Waals surface area contributed by atoms with E-state index in [2.05, 4.69) is 5.32 Å². The largest absolute Gasteiger partial charge is 0.450 e. The minimum Gasteiger partial charge on any atom is -0.450 e. The minimum atomic E-state index is -0.346. The number of benzene rings is 3. The normalized spacial score (nSPS) is 10.8. The van der Waals surface area contributed by atoms with Gasteiger partial charge in [-0.05, 0) is 43.3 Å². The van der Waals surface area contributed by atoms with Gasteiger partial charge in [0, 0.05) is 21.5 Å². The van der Waals surface area contributed by atoms with E-state index in [4.69, 9.17) is 16.0 Å². The van der Waals surface area contributed by atoms with Crippen LogP contribution in [0.1, 0.15) is 32.0 Å². The second-order valence-corrected chi connectivity index (χ2v) is 6.89. The number of hydrogen-bond donors (Lipinski definition) is 1. The van der Waals surface area contributed by atoms with Crippen molar-refractivity contribution in [2.45, 2.75) is 6.92 Å². The number of nitrogens with one attached hydrogen (secondary N) is 1. The fraction of sp³-hybridized carbons (Fsp3) is 0.0435. The fourth-order valence-corrected chi connectivity index (χ4v) is 3.08. The molecule has 0 radical (unpaired) electrons. The molecule has 0 aliphatic carbocycles. The highest BCUT2D eigenvalue weighted by molar-refractivity contribution is 6.30. The molecule has 0 aliphatic heterocycles. The van der Waals surface area contributed by atoms with Gasteiger partial charge in [-0.15, -0.1) is 0 Å². The lowest BCUT2D eigenvalue weighted by atomic mass is 10.1. The molecule has 4 aromatic rings. The summed E-state index contributed by atoms with van der Waals surface area (Å²) in [7, 11) is 0. The zero-order valence-corrected chi connectivity index (χ0v) is 15.8. The van der Waals surface area contributed by atoms with E-state index in [-0.39, 0.29) is 17.5 Å². The molecule has 1 N–H and O–H groups in total. The maximum Gasteiger partial charge on any atom is 0.255 e. The molecule has 1 aromatic heterocycles. The zero-order valence-electron chi connectivity index (χ0n) is 15.0. The summed E-state index contributed by atoms with van der Waals surface area (Å²) < 4.78 is 5.82. The van der Waals surface area contributed by atoms with E-state index in [1.807, 2.05) is 37.3 Å². The number of aryl methyl sites for hydroxylation is 1. The summed E-state index contributed by atoms with van der Waals surface area (Å²) >= 11 is 5.89. The first-order valence-corrected chi connectivity index (χ1v) is 9.10. The Kier molecular flexibility index (Phi) is 4.72. The van der Waals surface area contributed by atoms with Gasteiger partial charge >= 0.3 is 0 Å². The van der Waals surface area contributed by atoms with Crippen molar-refractivity contribution in [1.29, 1.82) is 0 Å². The van der Waals surface area contributed by atoms with Crippen molar-refractivity contribution in [1.82, 2.24) is 0 Å². The van der Waals surface area contributed by atoms with Crippen LogP contribution in [-0.4, -0.2) is 11.7 Å². The molecule has 0 spiro atoms.